The predicted octanol–water partition coefficient (Wildman–Crippen LogP) is 3.25. The van der Waals surface area contributed by atoms with Crippen molar-refractivity contribution < 1.29 is 4.92 Å². The molecule has 0 fully saturated rings. The van der Waals surface area contributed by atoms with Gasteiger partial charge in [-0.25, -0.2) is 4.98 Å². The molecular weight excluding hydrogens is 336 g/mol. The summed E-state index contributed by atoms with van der Waals surface area (Å²) in [5.41, 5.74) is 7.13. The van der Waals surface area contributed by atoms with Crippen LogP contribution in [0.3, 0.4) is 0 Å². The summed E-state index contributed by atoms with van der Waals surface area (Å²) in [5.74, 6) is 0.570. The molecule has 7 heteroatoms. The predicted molar refractivity (Wildman–Crippen MR) is 85.1 cm³/mol. The zero-order chi connectivity index (χ0) is 15.2. The quantitative estimate of drug-likeness (QED) is 0.615. The summed E-state index contributed by atoms with van der Waals surface area (Å²) in [6.45, 7) is 0.624. The molecule has 2 rings (SSSR count). The van der Waals surface area contributed by atoms with E-state index in [4.69, 9.17) is 5.73 Å². The van der Waals surface area contributed by atoms with E-state index in [1.54, 1.807) is 0 Å². The van der Waals surface area contributed by atoms with Gasteiger partial charge in [0.1, 0.15) is 12.0 Å². The Morgan fingerprint density at radius 3 is 2.71 bits per heavy atom. The summed E-state index contributed by atoms with van der Waals surface area (Å²) in [6, 6.07) is 11.2. The summed E-state index contributed by atoms with van der Waals surface area (Å²) in [6.07, 6.45) is 1.96. The van der Waals surface area contributed by atoms with Gasteiger partial charge in [0.2, 0.25) is 0 Å². The molecule has 0 aliphatic carbocycles. The smallest absolute Gasteiger partial charge is 0.288 e. The van der Waals surface area contributed by atoms with Crippen molar-refractivity contribution in [3.63, 3.8) is 0 Å². The highest BCUT2D eigenvalue weighted by Crippen LogP contribution is 2.24. The number of benzene rings is 1. The average molecular weight is 351 g/mol. The molecule has 2 aromatic rings. The molecule has 0 saturated heterocycles. The number of nitrogens with zero attached hydrogens (tertiary/aromatic N) is 2. The molecule has 110 valence electrons. The van der Waals surface area contributed by atoms with Gasteiger partial charge in [0, 0.05) is 18.7 Å². The minimum atomic E-state index is -0.479. The van der Waals surface area contributed by atoms with Gasteiger partial charge in [-0.2, -0.15) is 0 Å². The van der Waals surface area contributed by atoms with Gasteiger partial charge < -0.3 is 11.1 Å². The van der Waals surface area contributed by atoms with E-state index in [-0.39, 0.29) is 11.7 Å². The van der Waals surface area contributed by atoms with Crippen LogP contribution < -0.4 is 11.1 Å². The second kappa shape index (κ2) is 7.14. The Morgan fingerprint density at radius 2 is 2.10 bits per heavy atom. The molecule has 0 radical (unpaired) electrons. The SMILES string of the molecule is NC(CCNc1ncc([N+](=O)[O-])cc1Br)c1ccccc1. The third-order valence-electron chi connectivity index (χ3n) is 3.01. The fourth-order valence-electron chi connectivity index (χ4n) is 1.87. The van der Waals surface area contributed by atoms with Crippen LogP contribution in [-0.4, -0.2) is 16.5 Å². The highest BCUT2D eigenvalue weighted by atomic mass is 79.9. The molecule has 1 atom stereocenters. The van der Waals surface area contributed by atoms with Gasteiger partial charge >= 0.3 is 0 Å². The van der Waals surface area contributed by atoms with Gasteiger partial charge in [-0.1, -0.05) is 30.3 Å². The van der Waals surface area contributed by atoms with Crippen molar-refractivity contribution in [3.05, 3.63) is 62.7 Å². The molecule has 0 saturated carbocycles. The van der Waals surface area contributed by atoms with E-state index in [1.165, 1.54) is 12.3 Å². The Balaban J connectivity index is 1.90. The zero-order valence-corrected chi connectivity index (χ0v) is 12.8. The van der Waals surface area contributed by atoms with Gasteiger partial charge in [-0.3, -0.25) is 10.1 Å². The lowest BCUT2D eigenvalue weighted by Crippen LogP contribution is -2.15. The largest absolute Gasteiger partial charge is 0.369 e. The van der Waals surface area contributed by atoms with Crippen molar-refractivity contribution in [2.75, 3.05) is 11.9 Å². The monoisotopic (exact) mass is 350 g/mol. The minimum absolute atomic E-state index is 0.0478. The van der Waals surface area contributed by atoms with Gasteiger partial charge in [0.15, 0.2) is 0 Å². The van der Waals surface area contributed by atoms with Gasteiger partial charge in [-0.15, -0.1) is 0 Å². The molecule has 6 nitrogen and oxygen atoms in total. The third kappa shape index (κ3) is 4.24. The highest BCUT2D eigenvalue weighted by molar-refractivity contribution is 9.10. The van der Waals surface area contributed by atoms with Crippen molar-refractivity contribution in [1.29, 1.82) is 0 Å². The molecule has 0 aliphatic heterocycles. The number of rotatable bonds is 6. The van der Waals surface area contributed by atoms with Crippen molar-refractivity contribution in [1.82, 2.24) is 4.98 Å². The first-order valence-corrected chi connectivity index (χ1v) is 7.21. The van der Waals surface area contributed by atoms with Gasteiger partial charge in [0.25, 0.3) is 5.69 Å². The molecular formula is C14H15BrN4O2. The summed E-state index contributed by atoms with van der Waals surface area (Å²) in [7, 11) is 0. The number of hydrogen-bond donors (Lipinski definition) is 2. The molecule has 1 aromatic heterocycles. The average Bonchev–Trinajstić information content (AvgIpc) is 2.49. The van der Waals surface area contributed by atoms with Crippen LogP contribution in [0.5, 0.6) is 0 Å². The fourth-order valence-corrected chi connectivity index (χ4v) is 2.35. The van der Waals surface area contributed by atoms with Crippen LogP contribution in [0, 0.1) is 10.1 Å². The van der Waals surface area contributed by atoms with Crippen LogP contribution in [0.4, 0.5) is 11.5 Å². The maximum atomic E-state index is 10.6. The Labute approximate surface area is 130 Å². The second-order valence-corrected chi connectivity index (χ2v) is 5.37. The van der Waals surface area contributed by atoms with Crippen LogP contribution in [0.15, 0.2) is 47.1 Å². The molecule has 0 spiro atoms. The second-order valence-electron chi connectivity index (χ2n) is 4.51. The summed E-state index contributed by atoms with van der Waals surface area (Å²) >= 11 is 3.27. The summed E-state index contributed by atoms with van der Waals surface area (Å²) in [4.78, 5) is 14.2. The topological polar surface area (TPSA) is 94.1 Å². The molecule has 1 unspecified atom stereocenters. The Morgan fingerprint density at radius 1 is 1.38 bits per heavy atom. The number of nitrogens with two attached hydrogens (primary N) is 1. The zero-order valence-electron chi connectivity index (χ0n) is 11.2. The highest BCUT2D eigenvalue weighted by Gasteiger charge is 2.11. The van der Waals surface area contributed by atoms with E-state index < -0.39 is 4.92 Å². The van der Waals surface area contributed by atoms with Crippen molar-refractivity contribution in [3.8, 4) is 0 Å². The van der Waals surface area contributed by atoms with Crippen molar-refractivity contribution >= 4 is 27.4 Å². The number of anilines is 1. The van der Waals surface area contributed by atoms with E-state index in [0.29, 0.717) is 16.8 Å². The fraction of sp³-hybridized carbons (Fsp3) is 0.214. The molecule has 3 N–H and O–H groups in total. The number of pyridine rings is 1. The summed E-state index contributed by atoms with van der Waals surface area (Å²) in [5, 5.41) is 13.8. The Bertz CT molecular complexity index is 622. The van der Waals surface area contributed by atoms with Crippen molar-refractivity contribution in [2.24, 2.45) is 5.73 Å². The number of halogens is 1. The standard InChI is InChI=1S/C14H15BrN4O2/c15-12-8-11(19(20)21)9-18-14(12)17-7-6-13(16)10-4-2-1-3-5-10/h1-5,8-9,13H,6-7,16H2,(H,17,18). The number of aromatic nitrogens is 1. The lowest BCUT2D eigenvalue weighted by Gasteiger charge is -2.13. The molecule has 1 heterocycles. The number of hydrogen-bond acceptors (Lipinski definition) is 5. The first-order valence-electron chi connectivity index (χ1n) is 6.42. The van der Waals surface area contributed by atoms with Gasteiger partial charge in [-0.05, 0) is 27.9 Å². The van der Waals surface area contributed by atoms with E-state index >= 15 is 0 Å². The van der Waals surface area contributed by atoms with E-state index in [9.17, 15) is 10.1 Å². The third-order valence-corrected chi connectivity index (χ3v) is 3.62. The molecule has 0 amide bonds. The minimum Gasteiger partial charge on any atom is -0.369 e. The van der Waals surface area contributed by atoms with Crippen LogP contribution in [0.1, 0.15) is 18.0 Å². The maximum Gasteiger partial charge on any atom is 0.288 e. The van der Waals surface area contributed by atoms with Crippen LogP contribution in [0.2, 0.25) is 0 Å². The van der Waals surface area contributed by atoms with E-state index in [1.807, 2.05) is 30.3 Å². The summed E-state index contributed by atoms with van der Waals surface area (Å²) < 4.78 is 0.560. The van der Waals surface area contributed by atoms with Crippen LogP contribution in [-0.2, 0) is 0 Å². The van der Waals surface area contributed by atoms with E-state index in [0.717, 1.165) is 12.0 Å². The molecule has 1 aromatic carbocycles. The van der Waals surface area contributed by atoms with Crippen molar-refractivity contribution in [2.45, 2.75) is 12.5 Å². The molecule has 21 heavy (non-hydrogen) atoms. The Hall–Kier alpha value is -1.99. The lowest BCUT2D eigenvalue weighted by molar-refractivity contribution is -0.385. The van der Waals surface area contributed by atoms with E-state index in [2.05, 4.69) is 26.2 Å². The molecule has 0 aliphatic rings. The Kier molecular flexibility index (Phi) is 5.24. The maximum absolute atomic E-state index is 10.6. The molecule has 0 bridgehead atoms. The number of nitrogens with one attached hydrogen (secondary N) is 1. The normalized spacial score (nSPS) is 11.9. The lowest BCUT2D eigenvalue weighted by atomic mass is 10.1. The van der Waals surface area contributed by atoms with Crippen LogP contribution in [0.25, 0.3) is 0 Å². The first kappa shape index (κ1) is 15.4. The van der Waals surface area contributed by atoms with Gasteiger partial charge in [0.05, 0.1) is 9.40 Å². The first-order chi connectivity index (χ1) is 10.1. The number of nitro groups is 1. The van der Waals surface area contributed by atoms with Crippen LogP contribution >= 0.6 is 15.9 Å².